The maximum absolute atomic E-state index is 10.9. The van der Waals surface area contributed by atoms with Gasteiger partial charge in [-0.1, -0.05) is 25.4 Å². The van der Waals surface area contributed by atoms with E-state index in [9.17, 15) is 4.79 Å². The van der Waals surface area contributed by atoms with E-state index < -0.39 is 5.97 Å². The molecule has 1 heterocycles. The third-order valence-corrected chi connectivity index (χ3v) is 4.33. The Hall–Kier alpha value is -1.26. The van der Waals surface area contributed by atoms with E-state index in [1.165, 1.54) is 6.07 Å². The number of hydrogen-bond acceptors (Lipinski definition) is 3. The fourth-order valence-corrected chi connectivity index (χ4v) is 3.20. The number of anilines is 1. The molecule has 0 saturated carbocycles. The van der Waals surface area contributed by atoms with Gasteiger partial charge in [0.2, 0.25) is 0 Å². The van der Waals surface area contributed by atoms with Gasteiger partial charge < -0.3 is 10.0 Å². The molecule has 1 saturated heterocycles. The normalized spacial score (nSPS) is 18.8. The Morgan fingerprint density at radius 3 is 2.70 bits per heavy atom. The zero-order valence-corrected chi connectivity index (χ0v) is 12.7. The minimum Gasteiger partial charge on any atom is -0.478 e. The van der Waals surface area contributed by atoms with E-state index >= 15 is 0 Å². The maximum Gasteiger partial charge on any atom is 0.335 e. The fraction of sp³-hybridized carbons (Fsp3) is 0.533. The Balaban J connectivity index is 2.12. The van der Waals surface area contributed by atoms with Crippen molar-refractivity contribution in [2.45, 2.75) is 26.3 Å². The molecular formula is C15H21ClN2O2. The van der Waals surface area contributed by atoms with Crippen LogP contribution in [-0.2, 0) is 0 Å². The molecule has 1 aromatic rings. The quantitative estimate of drug-likeness (QED) is 0.907. The number of carbonyl (C=O) groups is 1. The molecule has 1 fully saturated rings. The van der Waals surface area contributed by atoms with Crippen molar-refractivity contribution < 1.29 is 9.90 Å². The summed E-state index contributed by atoms with van der Waals surface area (Å²) in [6.45, 7) is 8.39. The van der Waals surface area contributed by atoms with Crippen LogP contribution in [0.4, 0.5) is 5.69 Å². The van der Waals surface area contributed by atoms with Crippen LogP contribution >= 0.6 is 11.6 Å². The summed E-state index contributed by atoms with van der Waals surface area (Å²) in [5.41, 5.74) is 1.17. The lowest BCUT2D eigenvalue weighted by Crippen LogP contribution is -2.37. The van der Waals surface area contributed by atoms with Crippen molar-refractivity contribution in [3.05, 3.63) is 28.8 Å². The molecule has 20 heavy (non-hydrogen) atoms. The molecule has 0 aromatic heterocycles. The van der Waals surface area contributed by atoms with Gasteiger partial charge in [-0.15, -0.1) is 0 Å². The molecule has 1 unspecified atom stereocenters. The Morgan fingerprint density at radius 2 is 2.15 bits per heavy atom. The van der Waals surface area contributed by atoms with Crippen molar-refractivity contribution in [1.82, 2.24) is 4.90 Å². The number of nitrogens with zero attached hydrogens (tertiary/aromatic N) is 2. The number of rotatable bonds is 5. The van der Waals surface area contributed by atoms with Gasteiger partial charge in [-0.05, 0) is 37.7 Å². The molecule has 1 aromatic carbocycles. The van der Waals surface area contributed by atoms with E-state index in [1.807, 2.05) is 6.07 Å². The lowest BCUT2D eigenvalue weighted by atomic mass is 10.2. The SMILES string of the molecule is CCN(CC)C1CCN(c2ccc(C(=O)O)cc2Cl)C1. The zero-order valence-electron chi connectivity index (χ0n) is 12.0. The summed E-state index contributed by atoms with van der Waals surface area (Å²) in [5.74, 6) is -0.944. The second-order valence-corrected chi connectivity index (χ2v) is 5.49. The first-order valence-electron chi connectivity index (χ1n) is 7.08. The minimum absolute atomic E-state index is 0.234. The summed E-state index contributed by atoms with van der Waals surface area (Å²) < 4.78 is 0. The second-order valence-electron chi connectivity index (χ2n) is 5.08. The molecule has 0 bridgehead atoms. The minimum atomic E-state index is -0.944. The van der Waals surface area contributed by atoms with E-state index in [1.54, 1.807) is 6.07 Å². The molecule has 0 spiro atoms. The monoisotopic (exact) mass is 296 g/mol. The fourth-order valence-electron chi connectivity index (χ4n) is 2.90. The van der Waals surface area contributed by atoms with Gasteiger partial charge in [0.15, 0.2) is 0 Å². The number of hydrogen-bond donors (Lipinski definition) is 1. The highest BCUT2D eigenvalue weighted by Gasteiger charge is 2.27. The summed E-state index contributed by atoms with van der Waals surface area (Å²) in [7, 11) is 0. The van der Waals surface area contributed by atoms with Crippen LogP contribution in [0.25, 0.3) is 0 Å². The van der Waals surface area contributed by atoms with E-state index in [0.29, 0.717) is 11.1 Å². The summed E-state index contributed by atoms with van der Waals surface area (Å²) in [5, 5.41) is 9.48. The summed E-state index contributed by atoms with van der Waals surface area (Å²) >= 11 is 6.23. The van der Waals surface area contributed by atoms with Gasteiger partial charge in [-0.2, -0.15) is 0 Å². The molecule has 4 nitrogen and oxygen atoms in total. The molecule has 0 amide bonds. The van der Waals surface area contributed by atoms with E-state index in [-0.39, 0.29) is 5.56 Å². The Kier molecular flexibility index (Phi) is 4.89. The van der Waals surface area contributed by atoms with E-state index in [0.717, 1.165) is 38.3 Å². The standard InChI is InChI=1S/C15H21ClN2O2/c1-3-17(4-2)12-7-8-18(10-12)14-6-5-11(15(19)20)9-13(14)16/h5-6,9,12H,3-4,7-8,10H2,1-2H3,(H,19,20). The first-order valence-corrected chi connectivity index (χ1v) is 7.46. The number of aromatic carboxylic acids is 1. The Labute approximate surface area is 124 Å². The molecule has 1 atom stereocenters. The van der Waals surface area contributed by atoms with Gasteiger partial charge in [0.25, 0.3) is 0 Å². The van der Waals surface area contributed by atoms with Crippen molar-refractivity contribution in [2.75, 3.05) is 31.1 Å². The summed E-state index contributed by atoms with van der Waals surface area (Å²) in [6.07, 6.45) is 1.12. The topological polar surface area (TPSA) is 43.8 Å². The van der Waals surface area contributed by atoms with Crippen LogP contribution in [0.3, 0.4) is 0 Å². The third-order valence-electron chi connectivity index (χ3n) is 4.03. The molecule has 0 aliphatic carbocycles. The van der Waals surface area contributed by atoms with Gasteiger partial charge >= 0.3 is 5.97 Å². The van der Waals surface area contributed by atoms with Crippen LogP contribution in [0.2, 0.25) is 5.02 Å². The van der Waals surface area contributed by atoms with Crippen molar-refractivity contribution in [3.8, 4) is 0 Å². The summed E-state index contributed by atoms with van der Waals surface area (Å²) in [4.78, 5) is 15.6. The van der Waals surface area contributed by atoms with Crippen molar-refractivity contribution in [1.29, 1.82) is 0 Å². The van der Waals surface area contributed by atoms with Gasteiger partial charge in [0.1, 0.15) is 0 Å². The molecule has 2 rings (SSSR count). The molecule has 110 valence electrons. The smallest absolute Gasteiger partial charge is 0.335 e. The van der Waals surface area contributed by atoms with Gasteiger partial charge in [0.05, 0.1) is 16.3 Å². The lowest BCUT2D eigenvalue weighted by Gasteiger charge is -2.27. The number of benzene rings is 1. The predicted molar refractivity (Wildman–Crippen MR) is 82.0 cm³/mol. The van der Waals surface area contributed by atoms with Crippen LogP contribution in [-0.4, -0.2) is 48.2 Å². The Bertz CT molecular complexity index is 489. The predicted octanol–water partition coefficient (Wildman–Crippen LogP) is 2.96. The van der Waals surface area contributed by atoms with E-state index in [4.69, 9.17) is 16.7 Å². The summed E-state index contributed by atoms with van der Waals surface area (Å²) in [6, 6.07) is 5.52. The number of halogens is 1. The van der Waals surface area contributed by atoms with Crippen LogP contribution in [0.15, 0.2) is 18.2 Å². The average Bonchev–Trinajstić information content (AvgIpc) is 2.89. The first-order chi connectivity index (χ1) is 9.56. The maximum atomic E-state index is 10.9. The number of carboxylic acids is 1. The molecule has 1 aliphatic heterocycles. The second kappa shape index (κ2) is 6.46. The first kappa shape index (κ1) is 15.1. The van der Waals surface area contributed by atoms with Crippen molar-refractivity contribution in [2.24, 2.45) is 0 Å². The van der Waals surface area contributed by atoms with Crippen molar-refractivity contribution in [3.63, 3.8) is 0 Å². The number of carboxylic acid groups (broad SMARTS) is 1. The van der Waals surface area contributed by atoms with Crippen molar-refractivity contribution >= 4 is 23.3 Å². The molecule has 0 radical (unpaired) electrons. The highest BCUT2D eigenvalue weighted by Crippen LogP contribution is 2.30. The number of likely N-dealkylation sites (N-methyl/N-ethyl adjacent to an activating group) is 1. The van der Waals surface area contributed by atoms with Gasteiger partial charge in [-0.25, -0.2) is 4.79 Å². The highest BCUT2D eigenvalue weighted by molar-refractivity contribution is 6.33. The highest BCUT2D eigenvalue weighted by atomic mass is 35.5. The van der Waals surface area contributed by atoms with Crippen LogP contribution in [0.1, 0.15) is 30.6 Å². The van der Waals surface area contributed by atoms with Crippen LogP contribution in [0.5, 0.6) is 0 Å². The van der Waals surface area contributed by atoms with E-state index in [2.05, 4.69) is 23.6 Å². The molecule has 1 N–H and O–H groups in total. The largest absolute Gasteiger partial charge is 0.478 e. The van der Waals surface area contributed by atoms with Gasteiger partial charge in [0, 0.05) is 19.1 Å². The molecule has 5 heteroatoms. The third kappa shape index (κ3) is 3.07. The van der Waals surface area contributed by atoms with Crippen LogP contribution < -0.4 is 4.90 Å². The lowest BCUT2D eigenvalue weighted by molar-refractivity contribution is 0.0697. The van der Waals surface area contributed by atoms with Crippen LogP contribution in [0, 0.1) is 0 Å². The Morgan fingerprint density at radius 1 is 1.45 bits per heavy atom. The average molecular weight is 297 g/mol. The molecule has 1 aliphatic rings. The van der Waals surface area contributed by atoms with Gasteiger partial charge in [-0.3, -0.25) is 4.90 Å². The molecular weight excluding hydrogens is 276 g/mol. The zero-order chi connectivity index (χ0) is 14.7.